The van der Waals surface area contributed by atoms with Crippen LogP contribution in [0.3, 0.4) is 0 Å². The van der Waals surface area contributed by atoms with Crippen LogP contribution in [0.2, 0.25) is 0 Å². The van der Waals surface area contributed by atoms with E-state index >= 15 is 0 Å². The van der Waals surface area contributed by atoms with Gasteiger partial charge in [-0.25, -0.2) is 9.69 Å². The molecule has 0 spiro atoms. The number of benzene rings is 4. The zero-order valence-corrected chi connectivity index (χ0v) is 22.6. The topological polar surface area (TPSA) is 90.0 Å². The molecule has 0 unspecified atom stereocenters. The Kier molecular flexibility index (Phi) is 7.05. The van der Waals surface area contributed by atoms with E-state index in [-0.39, 0.29) is 22.5 Å². The third kappa shape index (κ3) is 5.14. The van der Waals surface area contributed by atoms with Gasteiger partial charge in [0.1, 0.15) is 11.5 Å². The third-order valence-corrected chi connectivity index (χ3v) is 7.09. The van der Waals surface area contributed by atoms with Crippen LogP contribution in [-0.4, -0.2) is 30.2 Å². The van der Waals surface area contributed by atoms with Crippen LogP contribution < -0.4 is 9.64 Å². The molecule has 40 heavy (non-hydrogen) atoms. The number of hydrogen-bond donors (Lipinski definition) is 0. The van der Waals surface area contributed by atoms with Crippen LogP contribution in [0, 0.1) is 27.7 Å². The summed E-state index contributed by atoms with van der Waals surface area (Å²) in [7, 11) is 0. The van der Waals surface area contributed by atoms with Gasteiger partial charge in [0.2, 0.25) is 0 Å². The zero-order valence-electron chi connectivity index (χ0n) is 22.6. The highest BCUT2D eigenvalue weighted by Crippen LogP contribution is 2.32. The lowest BCUT2D eigenvalue weighted by molar-refractivity contribution is 0.0474. The minimum absolute atomic E-state index is 0.0757. The van der Waals surface area contributed by atoms with Crippen LogP contribution >= 0.6 is 0 Å². The van der Waals surface area contributed by atoms with Crippen LogP contribution in [0.25, 0.3) is 0 Å². The van der Waals surface area contributed by atoms with Crippen molar-refractivity contribution in [1.29, 1.82) is 0 Å². The van der Waals surface area contributed by atoms with E-state index in [1.807, 2.05) is 52.0 Å². The number of amides is 2. The fourth-order valence-electron chi connectivity index (χ4n) is 4.39. The first kappa shape index (κ1) is 26.6. The van der Waals surface area contributed by atoms with Crippen LogP contribution in [0.15, 0.2) is 78.9 Å². The molecule has 0 radical (unpaired) electrons. The van der Waals surface area contributed by atoms with Crippen molar-refractivity contribution in [1.82, 2.24) is 0 Å². The molecule has 0 bridgehead atoms. The number of carbonyl (C=O) groups excluding carboxylic acids is 4. The smallest absolute Gasteiger partial charge is 0.338 e. The number of rotatable bonds is 7. The number of fused-ring (bicyclic) bond motifs is 1. The highest BCUT2D eigenvalue weighted by Gasteiger charge is 2.37. The van der Waals surface area contributed by atoms with Gasteiger partial charge >= 0.3 is 5.97 Å². The molecule has 1 aliphatic rings. The summed E-state index contributed by atoms with van der Waals surface area (Å²) >= 11 is 0. The largest absolute Gasteiger partial charge is 0.457 e. The molecule has 0 N–H and O–H groups in total. The lowest BCUT2D eigenvalue weighted by atomic mass is 10.0. The molecular formula is C33H27NO6. The van der Waals surface area contributed by atoms with E-state index in [9.17, 15) is 19.2 Å². The van der Waals surface area contributed by atoms with Gasteiger partial charge in [0.15, 0.2) is 12.4 Å². The van der Waals surface area contributed by atoms with Crippen molar-refractivity contribution in [2.45, 2.75) is 27.7 Å². The first-order chi connectivity index (χ1) is 19.1. The average molecular weight is 534 g/mol. The Hall–Kier alpha value is -5.04. The van der Waals surface area contributed by atoms with E-state index in [1.54, 1.807) is 36.4 Å². The van der Waals surface area contributed by atoms with Crippen molar-refractivity contribution in [3.63, 3.8) is 0 Å². The van der Waals surface area contributed by atoms with Gasteiger partial charge in [-0.2, -0.15) is 0 Å². The summed E-state index contributed by atoms with van der Waals surface area (Å²) in [6.07, 6.45) is 0. The molecular weight excluding hydrogens is 506 g/mol. The molecule has 0 atom stereocenters. The second-order valence-corrected chi connectivity index (χ2v) is 9.85. The number of imide groups is 1. The Morgan fingerprint density at radius 3 is 1.90 bits per heavy atom. The SMILES string of the molecule is Cc1ccc(Oc2ccc(N3C(=O)c4ccc(C(=O)OCC(=O)c5ccc(C)c(C)c5)cc4C3=O)cc2)cc1C. The summed E-state index contributed by atoms with van der Waals surface area (Å²) in [5, 5.41) is 0. The van der Waals surface area contributed by atoms with E-state index in [4.69, 9.17) is 9.47 Å². The van der Waals surface area contributed by atoms with Crippen molar-refractivity contribution >= 4 is 29.3 Å². The fourth-order valence-corrected chi connectivity index (χ4v) is 4.39. The number of Topliss-reactive ketones (excluding diaryl/α,β-unsaturated/α-hetero) is 1. The molecule has 7 heteroatoms. The van der Waals surface area contributed by atoms with Gasteiger partial charge in [-0.05, 0) is 111 Å². The maximum absolute atomic E-state index is 13.2. The second-order valence-electron chi connectivity index (χ2n) is 9.85. The molecule has 5 rings (SSSR count). The Balaban J connectivity index is 1.27. The number of esters is 1. The summed E-state index contributed by atoms with van der Waals surface area (Å²) in [5.41, 5.74) is 5.47. The number of hydrogen-bond acceptors (Lipinski definition) is 6. The van der Waals surface area contributed by atoms with Gasteiger partial charge in [0.25, 0.3) is 11.8 Å². The Morgan fingerprint density at radius 2 is 1.23 bits per heavy atom. The molecule has 1 heterocycles. The van der Waals surface area contributed by atoms with Crippen LogP contribution in [0.4, 0.5) is 5.69 Å². The van der Waals surface area contributed by atoms with E-state index in [2.05, 4.69) is 0 Å². The summed E-state index contributed by atoms with van der Waals surface area (Å²) in [6, 6.07) is 21.9. The quantitative estimate of drug-likeness (QED) is 0.152. The molecule has 0 fully saturated rings. The minimum atomic E-state index is -0.758. The summed E-state index contributed by atoms with van der Waals surface area (Å²) < 4.78 is 11.1. The minimum Gasteiger partial charge on any atom is -0.457 e. The lowest BCUT2D eigenvalue weighted by Gasteiger charge is -2.15. The number of anilines is 1. The lowest BCUT2D eigenvalue weighted by Crippen LogP contribution is -2.29. The Labute approximate surface area is 232 Å². The predicted molar refractivity (Wildman–Crippen MR) is 151 cm³/mol. The van der Waals surface area contributed by atoms with Crippen molar-refractivity contribution in [3.8, 4) is 11.5 Å². The molecule has 0 saturated heterocycles. The Bertz CT molecular complexity index is 1690. The number of carbonyl (C=O) groups is 4. The van der Waals surface area contributed by atoms with Crippen molar-refractivity contribution in [2.24, 2.45) is 0 Å². The number of ether oxygens (including phenoxy) is 2. The number of nitrogens with zero attached hydrogens (tertiary/aromatic N) is 1. The predicted octanol–water partition coefficient (Wildman–Crippen LogP) is 6.55. The zero-order chi connectivity index (χ0) is 28.6. The van der Waals surface area contributed by atoms with E-state index in [1.165, 1.54) is 18.2 Å². The van der Waals surface area contributed by atoms with E-state index < -0.39 is 24.4 Å². The molecule has 7 nitrogen and oxygen atoms in total. The molecule has 200 valence electrons. The molecule has 0 aliphatic carbocycles. The number of ketones is 1. The van der Waals surface area contributed by atoms with Crippen molar-refractivity contribution < 1.29 is 28.7 Å². The van der Waals surface area contributed by atoms with E-state index in [0.717, 1.165) is 27.2 Å². The molecule has 4 aromatic carbocycles. The van der Waals surface area contributed by atoms with Crippen LogP contribution in [-0.2, 0) is 4.74 Å². The van der Waals surface area contributed by atoms with Gasteiger partial charge in [0, 0.05) is 5.56 Å². The normalized spacial score (nSPS) is 12.3. The van der Waals surface area contributed by atoms with Crippen LogP contribution in [0.1, 0.15) is 63.7 Å². The van der Waals surface area contributed by atoms with Gasteiger partial charge in [-0.15, -0.1) is 0 Å². The molecule has 1 aliphatic heterocycles. The maximum Gasteiger partial charge on any atom is 0.338 e. The summed E-state index contributed by atoms with van der Waals surface area (Å²) in [4.78, 5) is 52.5. The van der Waals surface area contributed by atoms with Gasteiger partial charge in [0.05, 0.1) is 22.4 Å². The Morgan fingerprint density at radius 1 is 0.625 bits per heavy atom. The summed E-state index contributed by atoms with van der Waals surface area (Å²) in [5.74, 6) is -0.890. The standard InChI is InChI=1S/C33H27NO6/c1-19-5-7-23(15-21(19)3)30(35)18-39-33(38)24-8-14-28-29(17-24)32(37)34(31(28)36)25-9-12-26(13-10-25)40-27-11-6-20(2)22(4)16-27/h5-17H,18H2,1-4H3. The maximum atomic E-state index is 13.2. The van der Waals surface area contributed by atoms with E-state index in [0.29, 0.717) is 22.7 Å². The van der Waals surface area contributed by atoms with Crippen LogP contribution in [0.5, 0.6) is 11.5 Å². The van der Waals surface area contributed by atoms with Gasteiger partial charge in [-0.1, -0.05) is 18.2 Å². The third-order valence-electron chi connectivity index (χ3n) is 7.09. The first-order valence-corrected chi connectivity index (χ1v) is 12.8. The molecule has 2 amide bonds. The van der Waals surface area contributed by atoms with Gasteiger partial charge < -0.3 is 9.47 Å². The molecule has 4 aromatic rings. The van der Waals surface area contributed by atoms with Crippen molar-refractivity contribution in [2.75, 3.05) is 11.5 Å². The van der Waals surface area contributed by atoms with Gasteiger partial charge in [-0.3, -0.25) is 14.4 Å². The fraction of sp³-hybridized carbons (Fsp3) is 0.152. The highest BCUT2D eigenvalue weighted by molar-refractivity contribution is 6.34. The summed E-state index contributed by atoms with van der Waals surface area (Å²) in [6.45, 7) is 7.44. The average Bonchev–Trinajstić information content (AvgIpc) is 3.20. The first-order valence-electron chi connectivity index (χ1n) is 12.8. The monoisotopic (exact) mass is 533 g/mol. The highest BCUT2D eigenvalue weighted by atomic mass is 16.5. The van der Waals surface area contributed by atoms with Crippen molar-refractivity contribution in [3.05, 3.63) is 123 Å². The molecule has 0 aromatic heterocycles. The molecule has 0 saturated carbocycles. The second kappa shape index (κ2) is 10.6. The number of aryl methyl sites for hydroxylation is 4.